The van der Waals surface area contributed by atoms with Gasteiger partial charge in [0.1, 0.15) is 0 Å². The van der Waals surface area contributed by atoms with Crippen molar-refractivity contribution in [2.45, 2.75) is 26.8 Å². The molecule has 3 N–H and O–H groups in total. The van der Waals surface area contributed by atoms with Crippen molar-refractivity contribution in [3.05, 3.63) is 44.5 Å². The summed E-state index contributed by atoms with van der Waals surface area (Å²) < 4.78 is 0. The molecule has 6 nitrogen and oxygen atoms in total. The van der Waals surface area contributed by atoms with E-state index in [-0.39, 0.29) is 23.8 Å². The van der Waals surface area contributed by atoms with Gasteiger partial charge in [0.15, 0.2) is 5.95 Å². The quantitative estimate of drug-likeness (QED) is 0.846. The first-order chi connectivity index (χ1) is 10.5. The summed E-state index contributed by atoms with van der Waals surface area (Å²) >= 11 is 1.60. The van der Waals surface area contributed by atoms with Crippen LogP contribution < -0.4 is 11.3 Å². The number of hydrogen-bond acceptors (Lipinski definition) is 5. The maximum absolute atomic E-state index is 12.5. The van der Waals surface area contributed by atoms with Crippen molar-refractivity contribution in [2.24, 2.45) is 5.92 Å². The van der Waals surface area contributed by atoms with Crippen LogP contribution in [0.15, 0.2) is 27.8 Å². The molecule has 0 aliphatic heterocycles. The maximum Gasteiger partial charge on any atom is 0.255 e. The fourth-order valence-corrected chi connectivity index (χ4v) is 2.79. The first-order valence-corrected chi connectivity index (χ1v) is 8.02. The Balaban J connectivity index is 2.12. The Morgan fingerprint density at radius 2 is 2.27 bits per heavy atom. The van der Waals surface area contributed by atoms with Crippen molar-refractivity contribution in [3.63, 3.8) is 0 Å². The molecule has 0 bridgehead atoms. The van der Waals surface area contributed by atoms with E-state index in [0.29, 0.717) is 24.6 Å². The third kappa shape index (κ3) is 4.42. The fraction of sp³-hybridized carbons (Fsp3) is 0.400. The third-order valence-electron chi connectivity index (χ3n) is 3.13. The number of nitrogen functional groups attached to an aromatic ring is 1. The SMILES string of the molecule is CC(C)CN(Cc1ccsc1)C(=O)Cc1cnc(N)[nH]c1=O. The standard InChI is InChI=1S/C15H20N4O2S/c1-10(2)7-19(8-11-3-4-22-9-11)13(20)5-12-6-17-15(16)18-14(12)21/h3-4,6,9-10H,5,7-8H2,1-2H3,(H3,16,17,18,21). The number of aromatic amines is 1. The molecule has 0 saturated heterocycles. The summed E-state index contributed by atoms with van der Waals surface area (Å²) in [4.78, 5) is 32.4. The molecule has 118 valence electrons. The highest BCUT2D eigenvalue weighted by atomic mass is 32.1. The van der Waals surface area contributed by atoms with Crippen LogP contribution in [0.25, 0.3) is 0 Å². The van der Waals surface area contributed by atoms with Crippen LogP contribution in [0.4, 0.5) is 5.95 Å². The molecule has 2 aromatic rings. The molecule has 2 aromatic heterocycles. The number of aromatic nitrogens is 2. The van der Waals surface area contributed by atoms with Crippen LogP contribution in [-0.4, -0.2) is 27.3 Å². The Bertz CT molecular complexity index is 679. The Morgan fingerprint density at radius 3 is 2.86 bits per heavy atom. The van der Waals surface area contributed by atoms with Crippen LogP contribution in [0.2, 0.25) is 0 Å². The van der Waals surface area contributed by atoms with Crippen molar-refractivity contribution < 1.29 is 4.79 Å². The number of nitrogens with two attached hydrogens (primary N) is 1. The van der Waals surface area contributed by atoms with Gasteiger partial charge in [0.05, 0.1) is 6.42 Å². The largest absolute Gasteiger partial charge is 0.369 e. The maximum atomic E-state index is 12.5. The van der Waals surface area contributed by atoms with E-state index in [9.17, 15) is 9.59 Å². The number of rotatable bonds is 6. The van der Waals surface area contributed by atoms with E-state index in [1.54, 1.807) is 16.2 Å². The van der Waals surface area contributed by atoms with Gasteiger partial charge in [-0.25, -0.2) is 4.98 Å². The number of hydrogen-bond donors (Lipinski definition) is 2. The van der Waals surface area contributed by atoms with E-state index in [2.05, 4.69) is 23.8 Å². The number of thiophene rings is 1. The molecule has 0 aromatic carbocycles. The van der Waals surface area contributed by atoms with Gasteiger partial charge >= 0.3 is 0 Å². The van der Waals surface area contributed by atoms with Gasteiger partial charge in [0.25, 0.3) is 5.56 Å². The van der Waals surface area contributed by atoms with Crippen LogP contribution in [-0.2, 0) is 17.8 Å². The smallest absolute Gasteiger partial charge is 0.255 e. The van der Waals surface area contributed by atoms with Crippen molar-refractivity contribution in [2.75, 3.05) is 12.3 Å². The minimum Gasteiger partial charge on any atom is -0.369 e. The normalized spacial score (nSPS) is 10.9. The molecule has 0 spiro atoms. The molecule has 0 saturated carbocycles. The zero-order chi connectivity index (χ0) is 16.1. The lowest BCUT2D eigenvalue weighted by Gasteiger charge is -2.24. The number of carbonyl (C=O) groups excluding carboxylic acids is 1. The van der Waals surface area contributed by atoms with E-state index in [1.165, 1.54) is 6.20 Å². The highest BCUT2D eigenvalue weighted by Gasteiger charge is 2.17. The van der Waals surface area contributed by atoms with Gasteiger partial charge in [0.2, 0.25) is 5.91 Å². The lowest BCUT2D eigenvalue weighted by atomic mass is 10.1. The van der Waals surface area contributed by atoms with Gasteiger partial charge in [-0.2, -0.15) is 11.3 Å². The first-order valence-electron chi connectivity index (χ1n) is 7.08. The minimum atomic E-state index is -0.360. The number of amides is 1. The number of carbonyl (C=O) groups is 1. The molecule has 0 aliphatic rings. The fourth-order valence-electron chi connectivity index (χ4n) is 2.13. The average Bonchev–Trinajstić information content (AvgIpc) is 2.93. The number of anilines is 1. The molecule has 0 aliphatic carbocycles. The van der Waals surface area contributed by atoms with Gasteiger partial charge in [-0.05, 0) is 28.3 Å². The average molecular weight is 320 g/mol. The summed E-state index contributed by atoms with van der Waals surface area (Å²) in [5.74, 6) is 0.320. The van der Waals surface area contributed by atoms with Crippen LogP contribution in [0.3, 0.4) is 0 Å². The monoisotopic (exact) mass is 320 g/mol. The number of nitrogens with zero attached hydrogens (tertiary/aromatic N) is 2. The van der Waals surface area contributed by atoms with E-state index >= 15 is 0 Å². The highest BCUT2D eigenvalue weighted by molar-refractivity contribution is 7.07. The second-order valence-electron chi connectivity index (χ2n) is 5.60. The zero-order valence-electron chi connectivity index (χ0n) is 12.7. The molecule has 0 fully saturated rings. The lowest BCUT2D eigenvalue weighted by molar-refractivity contribution is -0.131. The molecule has 0 atom stereocenters. The molecule has 0 radical (unpaired) electrons. The van der Waals surface area contributed by atoms with E-state index in [4.69, 9.17) is 5.73 Å². The molecular weight excluding hydrogens is 300 g/mol. The molecule has 7 heteroatoms. The second-order valence-corrected chi connectivity index (χ2v) is 6.38. The second kappa shape index (κ2) is 7.22. The van der Waals surface area contributed by atoms with Crippen molar-refractivity contribution in [1.29, 1.82) is 0 Å². The number of H-pyrrole nitrogens is 1. The summed E-state index contributed by atoms with van der Waals surface area (Å²) in [5, 5.41) is 4.01. The first kappa shape index (κ1) is 16.2. The van der Waals surface area contributed by atoms with Gasteiger partial charge in [-0.15, -0.1) is 0 Å². The van der Waals surface area contributed by atoms with Gasteiger partial charge in [-0.1, -0.05) is 13.8 Å². The summed E-state index contributed by atoms with van der Waals surface area (Å²) in [6.07, 6.45) is 1.39. The third-order valence-corrected chi connectivity index (χ3v) is 3.86. The van der Waals surface area contributed by atoms with Gasteiger partial charge in [-0.3, -0.25) is 14.6 Å². The molecule has 0 unspecified atom stereocenters. The van der Waals surface area contributed by atoms with Gasteiger partial charge < -0.3 is 10.6 Å². The summed E-state index contributed by atoms with van der Waals surface area (Å²) in [7, 11) is 0. The Hall–Kier alpha value is -2.15. The van der Waals surface area contributed by atoms with Gasteiger partial charge in [0, 0.05) is 24.8 Å². The molecule has 22 heavy (non-hydrogen) atoms. The minimum absolute atomic E-state index is 0.0273. The van der Waals surface area contributed by atoms with Crippen molar-refractivity contribution in [1.82, 2.24) is 14.9 Å². The predicted molar refractivity (Wildman–Crippen MR) is 87.5 cm³/mol. The molecular formula is C15H20N4O2S. The summed E-state index contributed by atoms with van der Waals surface area (Å²) in [6, 6.07) is 2.00. The zero-order valence-corrected chi connectivity index (χ0v) is 13.5. The van der Waals surface area contributed by atoms with Crippen LogP contribution in [0, 0.1) is 5.92 Å². The number of nitrogens with one attached hydrogen (secondary N) is 1. The Kier molecular flexibility index (Phi) is 5.32. The van der Waals surface area contributed by atoms with Crippen LogP contribution in [0.5, 0.6) is 0 Å². The van der Waals surface area contributed by atoms with E-state index < -0.39 is 0 Å². The Labute approximate surface area is 133 Å². The predicted octanol–water partition coefficient (Wildman–Crippen LogP) is 1.64. The summed E-state index contributed by atoms with van der Waals surface area (Å²) in [5.41, 5.74) is 6.49. The molecule has 1 amide bonds. The highest BCUT2D eigenvalue weighted by Crippen LogP contribution is 2.12. The summed E-state index contributed by atoms with van der Waals surface area (Å²) in [6.45, 7) is 5.33. The Morgan fingerprint density at radius 1 is 1.50 bits per heavy atom. The van der Waals surface area contributed by atoms with E-state index in [0.717, 1.165) is 5.56 Å². The lowest BCUT2D eigenvalue weighted by Crippen LogP contribution is -2.36. The molecule has 2 heterocycles. The molecule has 2 rings (SSSR count). The van der Waals surface area contributed by atoms with Crippen LogP contribution >= 0.6 is 11.3 Å². The van der Waals surface area contributed by atoms with Crippen molar-refractivity contribution in [3.8, 4) is 0 Å². The van der Waals surface area contributed by atoms with Crippen LogP contribution in [0.1, 0.15) is 25.0 Å². The van der Waals surface area contributed by atoms with Crippen molar-refractivity contribution >= 4 is 23.2 Å². The van der Waals surface area contributed by atoms with E-state index in [1.807, 2.05) is 16.8 Å². The topological polar surface area (TPSA) is 92.1 Å².